The Morgan fingerprint density at radius 2 is 2.22 bits per heavy atom. The van der Waals surface area contributed by atoms with Crippen molar-refractivity contribution in [2.45, 2.75) is 38.3 Å². The molecule has 4 heteroatoms. The van der Waals surface area contributed by atoms with E-state index in [1.807, 2.05) is 0 Å². The van der Waals surface area contributed by atoms with Gasteiger partial charge in [-0.15, -0.1) is 0 Å². The molecule has 18 heavy (non-hydrogen) atoms. The average Bonchev–Trinajstić information content (AvgIpc) is 2.76. The molecule has 2 unspecified atom stereocenters. The maximum atomic E-state index is 13.0. The zero-order chi connectivity index (χ0) is 13.1. The third-order valence-corrected chi connectivity index (χ3v) is 3.50. The highest BCUT2D eigenvalue weighted by Crippen LogP contribution is 2.22. The van der Waals surface area contributed by atoms with Gasteiger partial charge in [-0.25, -0.2) is 4.39 Å². The maximum absolute atomic E-state index is 13.0. The van der Waals surface area contributed by atoms with Crippen LogP contribution in [0.3, 0.4) is 0 Å². The normalized spacial score (nSPS) is 23.1. The van der Waals surface area contributed by atoms with Crippen LogP contribution >= 0.6 is 0 Å². The Bertz CT molecular complexity index is 447. The molecule has 2 rings (SSSR count). The Balaban J connectivity index is 2.07. The zero-order valence-electron chi connectivity index (χ0n) is 10.7. The Morgan fingerprint density at radius 1 is 1.44 bits per heavy atom. The first kappa shape index (κ1) is 13.0. The van der Waals surface area contributed by atoms with Crippen LogP contribution in [0.25, 0.3) is 0 Å². The van der Waals surface area contributed by atoms with Gasteiger partial charge in [-0.1, -0.05) is 0 Å². The van der Waals surface area contributed by atoms with Crippen molar-refractivity contribution in [3.8, 4) is 0 Å². The van der Waals surface area contributed by atoms with Gasteiger partial charge in [0.15, 0.2) is 0 Å². The van der Waals surface area contributed by atoms with Gasteiger partial charge in [-0.05, 0) is 49.9 Å². The van der Waals surface area contributed by atoms with Crippen LogP contribution in [0.4, 0.5) is 4.39 Å². The molecule has 1 aliphatic carbocycles. The van der Waals surface area contributed by atoms with Gasteiger partial charge in [-0.3, -0.25) is 4.79 Å². The first-order valence-corrected chi connectivity index (χ1v) is 6.21. The van der Waals surface area contributed by atoms with Crippen molar-refractivity contribution in [3.63, 3.8) is 0 Å². The van der Waals surface area contributed by atoms with Crippen LogP contribution in [-0.4, -0.2) is 25.2 Å². The minimum atomic E-state index is -0.320. The van der Waals surface area contributed by atoms with E-state index in [9.17, 15) is 9.18 Å². The third-order valence-electron chi connectivity index (χ3n) is 3.50. The van der Waals surface area contributed by atoms with E-state index < -0.39 is 0 Å². The molecule has 0 heterocycles. The summed E-state index contributed by atoms with van der Waals surface area (Å²) < 4.78 is 18.3. The number of benzene rings is 1. The fraction of sp³-hybridized carbons (Fsp3) is 0.500. The van der Waals surface area contributed by atoms with Crippen molar-refractivity contribution in [1.29, 1.82) is 0 Å². The lowest BCUT2D eigenvalue weighted by atomic mass is 10.1. The summed E-state index contributed by atoms with van der Waals surface area (Å²) in [5.41, 5.74) is 1.18. The Hall–Kier alpha value is -1.42. The highest BCUT2D eigenvalue weighted by atomic mass is 19.1. The number of amides is 1. The second-order valence-electron chi connectivity index (χ2n) is 4.74. The minimum Gasteiger partial charge on any atom is -0.379 e. The van der Waals surface area contributed by atoms with Gasteiger partial charge in [0.05, 0.1) is 12.1 Å². The van der Waals surface area contributed by atoms with E-state index >= 15 is 0 Å². The second-order valence-corrected chi connectivity index (χ2v) is 4.74. The molecule has 98 valence electrons. The van der Waals surface area contributed by atoms with E-state index in [2.05, 4.69) is 5.32 Å². The molecule has 1 aliphatic rings. The Morgan fingerprint density at radius 3 is 2.89 bits per heavy atom. The van der Waals surface area contributed by atoms with Crippen molar-refractivity contribution >= 4 is 5.91 Å². The van der Waals surface area contributed by atoms with Gasteiger partial charge in [-0.2, -0.15) is 0 Å². The molecule has 1 aromatic carbocycles. The monoisotopic (exact) mass is 251 g/mol. The molecule has 1 fully saturated rings. The second kappa shape index (κ2) is 5.48. The largest absolute Gasteiger partial charge is 0.379 e. The van der Waals surface area contributed by atoms with Crippen LogP contribution < -0.4 is 5.32 Å². The predicted molar refractivity (Wildman–Crippen MR) is 67.0 cm³/mol. The zero-order valence-corrected chi connectivity index (χ0v) is 10.7. The van der Waals surface area contributed by atoms with E-state index in [0.717, 1.165) is 19.3 Å². The summed E-state index contributed by atoms with van der Waals surface area (Å²) in [5, 5.41) is 2.97. The lowest BCUT2D eigenvalue weighted by Crippen LogP contribution is -2.40. The molecule has 0 radical (unpaired) electrons. The van der Waals surface area contributed by atoms with Crippen LogP contribution in [0.15, 0.2) is 18.2 Å². The fourth-order valence-corrected chi connectivity index (χ4v) is 2.50. The first-order valence-electron chi connectivity index (χ1n) is 6.21. The quantitative estimate of drug-likeness (QED) is 0.896. The molecule has 0 aliphatic heterocycles. The van der Waals surface area contributed by atoms with Crippen molar-refractivity contribution < 1.29 is 13.9 Å². The Labute approximate surface area is 106 Å². The van der Waals surface area contributed by atoms with Crippen LogP contribution in [0.2, 0.25) is 0 Å². The number of halogens is 1. The SMILES string of the molecule is COC1CCCC1NC(=O)c1ccc(F)cc1C. The lowest BCUT2D eigenvalue weighted by Gasteiger charge is -2.20. The van der Waals surface area contributed by atoms with Crippen LogP contribution in [0.5, 0.6) is 0 Å². The molecular weight excluding hydrogens is 233 g/mol. The van der Waals surface area contributed by atoms with Gasteiger partial charge in [0.1, 0.15) is 5.82 Å². The molecule has 1 amide bonds. The summed E-state index contributed by atoms with van der Waals surface area (Å²) in [4.78, 5) is 12.1. The number of aryl methyl sites for hydroxylation is 1. The molecule has 0 aromatic heterocycles. The summed E-state index contributed by atoms with van der Waals surface area (Å²) in [6.45, 7) is 1.74. The van der Waals surface area contributed by atoms with Crippen molar-refractivity contribution in [2.75, 3.05) is 7.11 Å². The van der Waals surface area contributed by atoms with Gasteiger partial charge in [0, 0.05) is 12.7 Å². The van der Waals surface area contributed by atoms with Crippen molar-refractivity contribution in [1.82, 2.24) is 5.32 Å². The number of hydrogen-bond donors (Lipinski definition) is 1. The number of rotatable bonds is 3. The first-order chi connectivity index (χ1) is 8.61. The highest BCUT2D eigenvalue weighted by Gasteiger charge is 2.28. The summed E-state index contributed by atoms with van der Waals surface area (Å²) >= 11 is 0. The highest BCUT2D eigenvalue weighted by molar-refractivity contribution is 5.95. The number of nitrogens with one attached hydrogen (secondary N) is 1. The number of hydrogen-bond acceptors (Lipinski definition) is 2. The topological polar surface area (TPSA) is 38.3 Å². The molecule has 0 bridgehead atoms. The standard InChI is InChI=1S/C14H18FNO2/c1-9-8-10(15)6-7-11(9)14(17)16-12-4-3-5-13(12)18-2/h6-8,12-13H,3-5H2,1-2H3,(H,16,17). The summed E-state index contributed by atoms with van der Waals surface area (Å²) in [5.74, 6) is -0.471. The van der Waals surface area contributed by atoms with Gasteiger partial charge < -0.3 is 10.1 Å². The van der Waals surface area contributed by atoms with Gasteiger partial charge >= 0.3 is 0 Å². The number of ether oxygens (including phenoxy) is 1. The predicted octanol–water partition coefficient (Wildman–Crippen LogP) is 2.43. The molecule has 1 N–H and O–H groups in total. The lowest BCUT2D eigenvalue weighted by molar-refractivity contribution is 0.0722. The van der Waals surface area contributed by atoms with Crippen LogP contribution in [0, 0.1) is 12.7 Å². The summed E-state index contributed by atoms with van der Waals surface area (Å²) in [7, 11) is 1.66. The Kier molecular flexibility index (Phi) is 3.97. The van der Waals surface area contributed by atoms with Crippen molar-refractivity contribution in [3.05, 3.63) is 35.1 Å². The number of carbonyl (C=O) groups is 1. The molecule has 2 atom stereocenters. The van der Waals surface area contributed by atoms with Crippen LogP contribution in [0.1, 0.15) is 35.2 Å². The third kappa shape index (κ3) is 2.70. The minimum absolute atomic E-state index is 0.0620. The maximum Gasteiger partial charge on any atom is 0.251 e. The molecule has 1 aromatic rings. The van der Waals surface area contributed by atoms with Crippen molar-refractivity contribution in [2.24, 2.45) is 0 Å². The number of methoxy groups -OCH3 is 1. The van der Waals surface area contributed by atoms with E-state index in [4.69, 9.17) is 4.74 Å². The smallest absolute Gasteiger partial charge is 0.251 e. The summed E-state index contributed by atoms with van der Waals surface area (Å²) in [6.07, 6.45) is 3.06. The molecular formula is C14H18FNO2. The molecule has 0 saturated heterocycles. The molecule has 3 nitrogen and oxygen atoms in total. The number of carbonyl (C=O) groups excluding carboxylic acids is 1. The molecule has 1 saturated carbocycles. The van der Waals surface area contributed by atoms with Crippen LogP contribution in [-0.2, 0) is 4.74 Å². The molecule has 0 spiro atoms. The van der Waals surface area contributed by atoms with Gasteiger partial charge in [0.25, 0.3) is 5.91 Å². The van der Waals surface area contributed by atoms with Gasteiger partial charge in [0.2, 0.25) is 0 Å². The van der Waals surface area contributed by atoms with E-state index in [0.29, 0.717) is 11.1 Å². The summed E-state index contributed by atoms with van der Waals surface area (Å²) in [6, 6.07) is 4.27. The van der Waals surface area contributed by atoms with E-state index in [1.165, 1.54) is 18.2 Å². The van der Waals surface area contributed by atoms with E-state index in [1.54, 1.807) is 14.0 Å². The average molecular weight is 251 g/mol. The van der Waals surface area contributed by atoms with E-state index in [-0.39, 0.29) is 23.9 Å². The fourth-order valence-electron chi connectivity index (χ4n) is 2.50.